The van der Waals surface area contributed by atoms with E-state index in [0.29, 0.717) is 19.1 Å². The number of alkyl carbamates (subject to hydrolysis) is 1. The molecule has 5 nitrogen and oxygen atoms in total. The molecule has 1 saturated carbocycles. The Morgan fingerprint density at radius 3 is 2.30 bits per heavy atom. The van der Waals surface area contributed by atoms with Crippen LogP contribution in [-0.2, 0) is 14.3 Å². The number of carbonyl (C=O) groups is 2. The summed E-state index contributed by atoms with van der Waals surface area (Å²) in [5.41, 5.74) is -0.396. The van der Waals surface area contributed by atoms with Crippen LogP contribution < -0.4 is 5.32 Å². The summed E-state index contributed by atoms with van der Waals surface area (Å²) in [6.07, 6.45) is 4.38. The van der Waals surface area contributed by atoms with Crippen LogP contribution in [0.3, 0.4) is 0 Å². The molecule has 1 amide bonds. The van der Waals surface area contributed by atoms with Gasteiger partial charge in [0, 0.05) is 6.04 Å². The lowest BCUT2D eigenvalue weighted by Gasteiger charge is -2.21. The molecule has 0 saturated heterocycles. The quantitative estimate of drug-likeness (QED) is 0.806. The third-order valence-corrected chi connectivity index (χ3v) is 3.07. The molecule has 0 aliphatic heterocycles. The topological polar surface area (TPSA) is 64.6 Å². The highest BCUT2D eigenvalue weighted by atomic mass is 16.6. The number of hydrogen-bond acceptors (Lipinski definition) is 4. The number of hydrogen-bond donors (Lipinski definition) is 1. The van der Waals surface area contributed by atoms with Gasteiger partial charge in [0.2, 0.25) is 0 Å². The molecule has 0 aromatic carbocycles. The molecule has 0 heterocycles. The van der Waals surface area contributed by atoms with Crippen LogP contribution in [0.5, 0.6) is 0 Å². The van der Waals surface area contributed by atoms with Crippen LogP contribution in [0.4, 0.5) is 4.79 Å². The maximum absolute atomic E-state index is 11.5. The Kier molecular flexibility index (Phi) is 9.01. The standard InChI is InChI=1S/C12H23NO2.C3H6O2/c1-5-9-6-7-10(8-9)13-11(14)15-12(2,3)4;1-2-5-3-4/h9-10H,5-8H2,1-4H3,(H,13,14);3H,2H2,1H3. The fourth-order valence-electron chi connectivity index (χ4n) is 2.12. The van der Waals surface area contributed by atoms with Crippen molar-refractivity contribution in [1.29, 1.82) is 0 Å². The van der Waals surface area contributed by atoms with E-state index in [1.54, 1.807) is 6.92 Å². The second kappa shape index (κ2) is 9.61. The van der Waals surface area contributed by atoms with Crippen molar-refractivity contribution in [3.05, 3.63) is 0 Å². The zero-order valence-corrected chi connectivity index (χ0v) is 13.4. The third-order valence-electron chi connectivity index (χ3n) is 3.07. The van der Waals surface area contributed by atoms with Crippen molar-refractivity contribution in [3.63, 3.8) is 0 Å². The van der Waals surface area contributed by atoms with Gasteiger partial charge in [-0.05, 0) is 52.9 Å². The Labute approximate surface area is 122 Å². The fraction of sp³-hybridized carbons (Fsp3) is 0.867. The summed E-state index contributed by atoms with van der Waals surface area (Å²) in [5, 5.41) is 2.94. The van der Waals surface area contributed by atoms with Crippen molar-refractivity contribution >= 4 is 12.6 Å². The number of carbonyl (C=O) groups excluding carboxylic acids is 2. The van der Waals surface area contributed by atoms with E-state index in [4.69, 9.17) is 4.74 Å². The molecule has 1 fully saturated rings. The maximum atomic E-state index is 11.5. The predicted molar refractivity (Wildman–Crippen MR) is 78.5 cm³/mol. The molecule has 2 atom stereocenters. The molecule has 1 aliphatic carbocycles. The molecule has 1 N–H and O–H groups in total. The lowest BCUT2D eigenvalue weighted by molar-refractivity contribution is -0.128. The lowest BCUT2D eigenvalue weighted by Crippen LogP contribution is -2.37. The lowest BCUT2D eigenvalue weighted by atomic mass is 10.1. The fourth-order valence-corrected chi connectivity index (χ4v) is 2.12. The zero-order valence-electron chi connectivity index (χ0n) is 13.4. The Morgan fingerprint density at radius 1 is 1.30 bits per heavy atom. The average Bonchev–Trinajstić information content (AvgIpc) is 2.76. The minimum absolute atomic E-state index is 0.274. The minimum atomic E-state index is -0.396. The van der Waals surface area contributed by atoms with E-state index in [-0.39, 0.29) is 6.09 Å². The van der Waals surface area contributed by atoms with E-state index in [1.807, 2.05) is 20.8 Å². The second-order valence-corrected chi connectivity index (χ2v) is 5.98. The van der Waals surface area contributed by atoms with Gasteiger partial charge in [-0.15, -0.1) is 0 Å². The zero-order chi connectivity index (χ0) is 15.6. The number of nitrogens with one attached hydrogen (secondary N) is 1. The van der Waals surface area contributed by atoms with E-state index in [1.165, 1.54) is 12.8 Å². The summed E-state index contributed by atoms with van der Waals surface area (Å²) in [7, 11) is 0. The summed E-state index contributed by atoms with van der Waals surface area (Å²) in [4.78, 5) is 20.7. The van der Waals surface area contributed by atoms with Gasteiger partial charge in [-0.1, -0.05) is 13.3 Å². The normalized spacial score (nSPS) is 21.4. The van der Waals surface area contributed by atoms with E-state index < -0.39 is 5.60 Å². The monoisotopic (exact) mass is 287 g/mol. The molecule has 5 heteroatoms. The van der Waals surface area contributed by atoms with Crippen LogP contribution in [0.15, 0.2) is 0 Å². The minimum Gasteiger partial charge on any atom is -0.468 e. The largest absolute Gasteiger partial charge is 0.468 e. The predicted octanol–water partition coefficient (Wildman–Crippen LogP) is 3.27. The molecule has 0 radical (unpaired) electrons. The summed E-state index contributed by atoms with van der Waals surface area (Å²) < 4.78 is 9.37. The Bertz CT molecular complexity index is 286. The first-order chi connectivity index (χ1) is 9.32. The van der Waals surface area contributed by atoms with E-state index >= 15 is 0 Å². The smallest absolute Gasteiger partial charge is 0.407 e. The summed E-state index contributed by atoms with van der Waals surface area (Å²) in [5.74, 6) is 0.782. The molecular weight excluding hydrogens is 258 g/mol. The molecule has 1 rings (SSSR count). The van der Waals surface area contributed by atoms with E-state index in [0.717, 1.165) is 18.8 Å². The maximum Gasteiger partial charge on any atom is 0.407 e. The Balaban J connectivity index is 0.000000621. The summed E-state index contributed by atoms with van der Waals surface area (Å²) in [6, 6.07) is 0.324. The first kappa shape index (κ1) is 18.7. The number of amides is 1. The van der Waals surface area contributed by atoms with Gasteiger partial charge >= 0.3 is 6.09 Å². The SMILES string of the molecule is CCC1CCC(NC(=O)OC(C)(C)C)C1.CCOC=O. The molecule has 0 spiro atoms. The molecular formula is C15H29NO4. The van der Waals surface area contributed by atoms with Gasteiger partial charge in [0.05, 0.1) is 6.61 Å². The molecule has 0 aromatic rings. The van der Waals surface area contributed by atoms with Crippen LogP contribution in [0, 0.1) is 5.92 Å². The van der Waals surface area contributed by atoms with Crippen LogP contribution in [0.2, 0.25) is 0 Å². The highest BCUT2D eigenvalue weighted by Crippen LogP contribution is 2.27. The number of ether oxygens (including phenoxy) is 2. The van der Waals surface area contributed by atoms with Crippen LogP contribution in [-0.4, -0.2) is 30.8 Å². The molecule has 0 aromatic heterocycles. The van der Waals surface area contributed by atoms with Gasteiger partial charge < -0.3 is 14.8 Å². The average molecular weight is 287 g/mol. The van der Waals surface area contributed by atoms with Crippen LogP contribution in [0.1, 0.15) is 60.3 Å². The van der Waals surface area contributed by atoms with Gasteiger partial charge in [0.25, 0.3) is 6.47 Å². The number of rotatable bonds is 4. The van der Waals surface area contributed by atoms with Crippen molar-refractivity contribution in [3.8, 4) is 0 Å². The summed E-state index contributed by atoms with van der Waals surface area (Å²) >= 11 is 0. The van der Waals surface area contributed by atoms with Crippen LogP contribution >= 0.6 is 0 Å². The molecule has 118 valence electrons. The van der Waals surface area contributed by atoms with Gasteiger partial charge in [-0.25, -0.2) is 4.79 Å². The van der Waals surface area contributed by atoms with Crippen molar-refractivity contribution in [2.75, 3.05) is 6.61 Å². The van der Waals surface area contributed by atoms with Gasteiger partial charge in [-0.3, -0.25) is 4.79 Å². The second-order valence-electron chi connectivity index (χ2n) is 5.98. The van der Waals surface area contributed by atoms with E-state index in [9.17, 15) is 9.59 Å². The molecule has 1 aliphatic rings. The third kappa shape index (κ3) is 9.64. The first-order valence-electron chi connectivity index (χ1n) is 7.37. The molecule has 20 heavy (non-hydrogen) atoms. The van der Waals surface area contributed by atoms with Crippen molar-refractivity contribution in [2.24, 2.45) is 5.92 Å². The van der Waals surface area contributed by atoms with E-state index in [2.05, 4.69) is 17.0 Å². The van der Waals surface area contributed by atoms with Gasteiger partial charge in [0.1, 0.15) is 5.60 Å². The van der Waals surface area contributed by atoms with Crippen LogP contribution in [0.25, 0.3) is 0 Å². The highest BCUT2D eigenvalue weighted by Gasteiger charge is 2.26. The van der Waals surface area contributed by atoms with Crippen molar-refractivity contribution in [1.82, 2.24) is 5.32 Å². The molecule has 0 bridgehead atoms. The van der Waals surface area contributed by atoms with Crippen molar-refractivity contribution < 1.29 is 19.1 Å². The first-order valence-corrected chi connectivity index (χ1v) is 7.37. The van der Waals surface area contributed by atoms with Gasteiger partial charge in [0.15, 0.2) is 0 Å². The molecule has 2 unspecified atom stereocenters. The summed E-state index contributed by atoms with van der Waals surface area (Å²) in [6.45, 7) is 10.5. The highest BCUT2D eigenvalue weighted by molar-refractivity contribution is 5.68. The Hall–Kier alpha value is -1.26. The van der Waals surface area contributed by atoms with Gasteiger partial charge in [-0.2, -0.15) is 0 Å². The Morgan fingerprint density at radius 2 is 1.95 bits per heavy atom. The van der Waals surface area contributed by atoms with Crippen molar-refractivity contribution in [2.45, 2.75) is 71.9 Å².